The van der Waals surface area contributed by atoms with Crippen molar-refractivity contribution in [2.45, 2.75) is 13.0 Å². The van der Waals surface area contributed by atoms with Crippen LogP contribution in [-0.2, 0) is 4.79 Å². The zero-order chi connectivity index (χ0) is 13.9. The minimum atomic E-state index is -1.38. The molecule has 0 aliphatic rings. The van der Waals surface area contributed by atoms with Crippen LogP contribution in [0.5, 0.6) is 0 Å². The van der Waals surface area contributed by atoms with E-state index in [2.05, 4.69) is 5.32 Å². The highest BCUT2D eigenvalue weighted by Crippen LogP contribution is 2.22. The lowest BCUT2D eigenvalue weighted by Crippen LogP contribution is -2.26. The van der Waals surface area contributed by atoms with E-state index < -0.39 is 22.9 Å². The Balaban J connectivity index is 3.16. The Hall–Kier alpha value is -2.64. The van der Waals surface area contributed by atoms with Crippen LogP contribution in [0.4, 0.5) is 11.4 Å². The number of anilines is 1. The highest BCUT2D eigenvalue weighted by Gasteiger charge is 2.19. The Bertz CT molecular complexity index is 513. The van der Waals surface area contributed by atoms with Gasteiger partial charge >= 0.3 is 11.9 Å². The first-order valence-electron chi connectivity index (χ1n) is 4.84. The lowest BCUT2D eigenvalue weighted by Gasteiger charge is -2.12. The molecule has 0 fully saturated rings. The molecule has 96 valence electrons. The average molecular weight is 254 g/mol. The van der Waals surface area contributed by atoms with E-state index in [1.54, 1.807) is 0 Å². The van der Waals surface area contributed by atoms with Crippen molar-refractivity contribution < 1.29 is 24.7 Å². The first-order valence-corrected chi connectivity index (χ1v) is 4.84. The quantitative estimate of drug-likeness (QED) is 0.531. The van der Waals surface area contributed by atoms with Crippen molar-refractivity contribution in [1.29, 1.82) is 0 Å². The zero-order valence-corrected chi connectivity index (χ0v) is 9.28. The van der Waals surface area contributed by atoms with Crippen LogP contribution in [0.15, 0.2) is 18.2 Å². The van der Waals surface area contributed by atoms with Gasteiger partial charge in [0.05, 0.1) is 10.5 Å². The summed E-state index contributed by atoms with van der Waals surface area (Å²) in [4.78, 5) is 31.4. The smallest absolute Gasteiger partial charge is 0.338 e. The molecule has 1 unspecified atom stereocenters. The molecule has 1 rings (SSSR count). The molecule has 0 aliphatic carbocycles. The topological polar surface area (TPSA) is 130 Å². The predicted octanol–water partition coefficient (Wildman–Crippen LogP) is 1.18. The van der Waals surface area contributed by atoms with Gasteiger partial charge in [0.1, 0.15) is 6.04 Å². The molecule has 8 heteroatoms. The van der Waals surface area contributed by atoms with Gasteiger partial charge in [-0.1, -0.05) is 0 Å². The maximum Gasteiger partial charge on any atom is 0.338 e. The lowest BCUT2D eigenvalue weighted by atomic mass is 10.1. The molecule has 8 nitrogen and oxygen atoms in total. The lowest BCUT2D eigenvalue weighted by molar-refractivity contribution is -0.384. The minimum Gasteiger partial charge on any atom is -0.480 e. The number of carbonyl (C=O) groups is 2. The van der Waals surface area contributed by atoms with Crippen LogP contribution in [0.3, 0.4) is 0 Å². The molecule has 0 heterocycles. The molecule has 0 amide bonds. The number of nitro groups is 1. The number of nitrogens with one attached hydrogen (secondary N) is 1. The molecule has 0 spiro atoms. The van der Waals surface area contributed by atoms with Gasteiger partial charge in [0.15, 0.2) is 0 Å². The number of aliphatic carboxylic acids is 1. The van der Waals surface area contributed by atoms with E-state index in [1.165, 1.54) is 13.0 Å². The Morgan fingerprint density at radius 2 is 2.00 bits per heavy atom. The largest absolute Gasteiger partial charge is 0.480 e. The van der Waals surface area contributed by atoms with Gasteiger partial charge < -0.3 is 15.5 Å². The third-order valence-electron chi connectivity index (χ3n) is 2.19. The monoisotopic (exact) mass is 254 g/mol. The molecule has 0 aromatic heterocycles. The van der Waals surface area contributed by atoms with Crippen molar-refractivity contribution in [3.05, 3.63) is 33.9 Å². The van der Waals surface area contributed by atoms with Gasteiger partial charge in [-0.15, -0.1) is 0 Å². The molecular weight excluding hydrogens is 244 g/mol. The van der Waals surface area contributed by atoms with E-state index in [4.69, 9.17) is 10.2 Å². The first-order chi connectivity index (χ1) is 8.32. The van der Waals surface area contributed by atoms with Crippen molar-refractivity contribution in [3.8, 4) is 0 Å². The Morgan fingerprint density at radius 1 is 1.39 bits per heavy atom. The SMILES string of the molecule is CC(Nc1ccc([N+](=O)[O-])cc1C(=O)O)C(=O)O. The molecule has 0 bridgehead atoms. The van der Waals surface area contributed by atoms with Crippen molar-refractivity contribution in [1.82, 2.24) is 0 Å². The highest BCUT2D eigenvalue weighted by molar-refractivity contribution is 5.95. The van der Waals surface area contributed by atoms with Gasteiger partial charge in [0.25, 0.3) is 5.69 Å². The van der Waals surface area contributed by atoms with E-state index in [0.29, 0.717) is 0 Å². The van der Waals surface area contributed by atoms with Crippen molar-refractivity contribution in [2.75, 3.05) is 5.32 Å². The molecule has 1 atom stereocenters. The number of carboxylic acid groups (broad SMARTS) is 2. The minimum absolute atomic E-state index is 0.0167. The van der Waals surface area contributed by atoms with Crippen molar-refractivity contribution in [3.63, 3.8) is 0 Å². The maximum absolute atomic E-state index is 10.9. The number of carboxylic acids is 2. The maximum atomic E-state index is 10.9. The molecule has 3 N–H and O–H groups in total. The Kier molecular flexibility index (Phi) is 3.82. The molecule has 1 aromatic carbocycles. The second kappa shape index (κ2) is 5.13. The molecule has 0 aliphatic heterocycles. The summed E-state index contributed by atoms with van der Waals surface area (Å²) in [5, 5.41) is 30.6. The van der Waals surface area contributed by atoms with Gasteiger partial charge in [0, 0.05) is 17.8 Å². The van der Waals surface area contributed by atoms with Crippen LogP contribution in [0, 0.1) is 10.1 Å². The summed E-state index contributed by atoms with van der Waals surface area (Å²) in [5.74, 6) is -2.54. The van der Waals surface area contributed by atoms with E-state index >= 15 is 0 Å². The van der Waals surface area contributed by atoms with Crippen LogP contribution in [-0.4, -0.2) is 33.1 Å². The second-order valence-corrected chi connectivity index (χ2v) is 3.50. The normalized spacial score (nSPS) is 11.6. The number of aromatic carboxylic acids is 1. The van der Waals surface area contributed by atoms with Gasteiger partial charge in [-0.2, -0.15) is 0 Å². The number of nitrogens with zero attached hydrogens (tertiary/aromatic N) is 1. The summed E-state index contributed by atoms with van der Waals surface area (Å²) in [5.41, 5.74) is -0.707. The molecular formula is C10H10N2O6. The fraction of sp³-hybridized carbons (Fsp3) is 0.200. The summed E-state index contributed by atoms with van der Waals surface area (Å²) < 4.78 is 0. The van der Waals surface area contributed by atoms with Gasteiger partial charge in [0.2, 0.25) is 0 Å². The molecule has 0 saturated carbocycles. The third kappa shape index (κ3) is 2.94. The number of rotatable bonds is 5. The van der Waals surface area contributed by atoms with E-state index in [-0.39, 0.29) is 16.9 Å². The number of hydrogen-bond donors (Lipinski definition) is 3. The molecule has 0 radical (unpaired) electrons. The fourth-order valence-corrected chi connectivity index (χ4v) is 1.24. The predicted molar refractivity (Wildman–Crippen MR) is 60.8 cm³/mol. The first kappa shape index (κ1) is 13.4. The van der Waals surface area contributed by atoms with Crippen LogP contribution < -0.4 is 5.32 Å². The highest BCUT2D eigenvalue weighted by atomic mass is 16.6. The Labute approximate surface area is 101 Å². The van der Waals surface area contributed by atoms with Crippen LogP contribution >= 0.6 is 0 Å². The van der Waals surface area contributed by atoms with Crippen LogP contribution in [0.2, 0.25) is 0 Å². The van der Waals surface area contributed by atoms with Crippen LogP contribution in [0.1, 0.15) is 17.3 Å². The van der Waals surface area contributed by atoms with Crippen molar-refractivity contribution in [2.24, 2.45) is 0 Å². The third-order valence-corrected chi connectivity index (χ3v) is 2.19. The van der Waals surface area contributed by atoms with E-state index in [1.807, 2.05) is 0 Å². The summed E-state index contributed by atoms with van der Waals surface area (Å²) in [7, 11) is 0. The van der Waals surface area contributed by atoms with Crippen LogP contribution in [0.25, 0.3) is 0 Å². The van der Waals surface area contributed by atoms with Gasteiger partial charge in [-0.25, -0.2) is 4.79 Å². The van der Waals surface area contributed by atoms with Crippen molar-refractivity contribution >= 4 is 23.3 Å². The molecule has 0 saturated heterocycles. The second-order valence-electron chi connectivity index (χ2n) is 3.50. The van der Waals surface area contributed by atoms with E-state index in [9.17, 15) is 19.7 Å². The standard InChI is InChI=1S/C10H10N2O6/c1-5(9(13)14)11-8-3-2-6(12(17)18)4-7(8)10(15)16/h2-5,11H,1H3,(H,13,14)(H,15,16). The molecule has 1 aromatic rings. The number of nitro benzene ring substituents is 1. The average Bonchev–Trinajstić information content (AvgIpc) is 2.28. The van der Waals surface area contributed by atoms with Gasteiger partial charge in [-0.05, 0) is 13.0 Å². The summed E-state index contributed by atoms with van der Waals surface area (Å²) in [6, 6.07) is 2.13. The molecule has 18 heavy (non-hydrogen) atoms. The Morgan fingerprint density at radius 3 is 2.44 bits per heavy atom. The van der Waals surface area contributed by atoms with Gasteiger partial charge in [-0.3, -0.25) is 14.9 Å². The number of hydrogen-bond acceptors (Lipinski definition) is 5. The summed E-state index contributed by atoms with van der Waals surface area (Å²) >= 11 is 0. The van der Waals surface area contributed by atoms with E-state index in [0.717, 1.165) is 12.1 Å². The summed E-state index contributed by atoms with van der Waals surface area (Å²) in [6.07, 6.45) is 0. The zero-order valence-electron chi connectivity index (χ0n) is 9.28. The number of benzene rings is 1. The fourth-order valence-electron chi connectivity index (χ4n) is 1.24. The summed E-state index contributed by atoms with van der Waals surface area (Å²) in [6.45, 7) is 1.33. The number of non-ortho nitro benzene ring substituents is 1.